The number of nitrogens with zero attached hydrogens (tertiary/aromatic N) is 1. The van der Waals surface area contributed by atoms with Gasteiger partial charge in [0.25, 0.3) is 0 Å². The molecule has 0 spiro atoms. The highest BCUT2D eigenvalue weighted by Gasteiger charge is 2.20. The van der Waals surface area contributed by atoms with Crippen molar-refractivity contribution in [3.05, 3.63) is 17.7 Å². The van der Waals surface area contributed by atoms with E-state index < -0.39 is 0 Å². The topological polar surface area (TPSA) is 57.1 Å². The van der Waals surface area contributed by atoms with Gasteiger partial charge in [0.1, 0.15) is 5.75 Å². The van der Waals surface area contributed by atoms with E-state index in [-0.39, 0.29) is 13.3 Å². The quantitative estimate of drug-likeness (QED) is 0.553. The summed E-state index contributed by atoms with van der Waals surface area (Å²) in [6.07, 6.45) is 1.48. The van der Waals surface area contributed by atoms with Gasteiger partial charge in [0.2, 0.25) is 12.9 Å². The molecular weight excluding hydrogens is 198 g/mol. The molecule has 1 aromatic carbocycles. The largest absolute Gasteiger partial charge is 0.496 e. The van der Waals surface area contributed by atoms with Gasteiger partial charge in [0, 0.05) is 0 Å². The van der Waals surface area contributed by atoms with Crippen LogP contribution in [0.15, 0.2) is 17.1 Å². The van der Waals surface area contributed by atoms with Gasteiger partial charge in [-0.25, -0.2) is 9.79 Å². The molecule has 1 aromatic rings. The van der Waals surface area contributed by atoms with Gasteiger partial charge in [0.15, 0.2) is 11.5 Å². The third-order valence-corrected chi connectivity index (χ3v) is 2.12. The second-order valence-corrected chi connectivity index (χ2v) is 2.89. The molecule has 0 atom stereocenters. The highest BCUT2D eigenvalue weighted by atomic mass is 16.7. The van der Waals surface area contributed by atoms with Crippen LogP contribution < -0.4 is 14.2 Å². The van der Waals surface area contributed by atoms with Gasteiger partial charge in [-0.2, -0.15) is 0 Å². The number of benzene rings is 1. The van der Waals surface area contributed by atoms with Crippen molar-refractivity contribution in [3.63, 3.8) is 0 Å². The normalized spacial score (nSPS) is 12.1. The zero-order chi connectivity index (χ0) is 10.7. The molecule has 2 rings (SSSR count). The number of rotatable bonds is 3. The van der Waals surface area contributed by atoms with Gasteiger partial charge >= 0.3 is 0 Å². The number of ether oxygens (including phenoxy) is 3. The van der Waals surface area contributed by atoms with Crippen LogP contribution in [0, 0.1) is 0 Å². The van der Waals surface area contributed by atoms with Crippen LogP contribution >= 0.6 is 0 Å². The molecule has 1 aliphatic heterocycles. The molecule has 0 amide bonds. The Bertz CT molecular complexity index is 424. The lowest BCUT2D eigenvalue weighted by Crippen LogP contribution is -1.95. The minimum atomic E-state index is 0.180. The zero-order valence-corrected chi connectivity index (χ0v) is 8.15. The van der Waals surface area contributed by atoms with Crippen LogP contribution in [0.2, 0.25) is 0 Å². The number of isocyanates is 1. The number of hydrogen-bond donors (Lipinski definition) is 0. The average Bonchev–Trinajstić information content (AvgIpc) is 2.73. The monoisotopic (exact) mass is 207 g/mol. The van der Waals surface area contributed by atoms with E-state index in [4.69, 9.17) is 14.2 Å². The van der Waals surface area contributed by atoms with E-state index in [1.54, 1.807) is 19.2 Å². The highest BCUT2D eigenvalue weighted by molar-refractivity contribution is 5.55. The average molecular weight is 207 g/mol. The molecule has 0 saturated heterocycles. The molecule has 78 valence electrons. The van der Waals surface area contributed by atoms with Crippen molar-refractivity contribution in [1.82, 2.24) is 0 Å². The predicted molar refractivity (Wildman–Crippen MR) is 50.9 cm³/mol. The fourth-order valence-electron chi connectivity index (χ4n) is 1.46. The van der Waals surface area contributed by atoms with E-state index in [0.29, 0.717) is 22.8 Å². The van der Waals surface area contributed by atoms with Crippen LogP contribution in [0.25, 0.3) is 0 Å². The summed E-state index contributed by atoms with van der Waals surface area (Å²) in [6.45, 7) is 0.361. The van der Waals surface area contributed by atoms with Crippen LogP contribution in [-0.2, 0) is 11.3 Å². The molecule has 0 aliphatic carbocycles. The molecule has 5 nitrogen and oxygen atoms in total. The second-order valence-electron chi connectivity index (χ2n) is 2.89. The second kappa shape index (κ2) is 4.02. The lowest BCUT2D eigenvalue weighted by Gasteiger charge is -2.08. The van der Waals surface area contributed by atoms with Gasteiger partial charge in [0.05, 0.1) is 19.2 Å². The summed E-state index contributed by atoms with van der Waals surface area (Å²) in [5.41, 5.74) is 0.704. The van der Waals surface area contributed by atoms with E-state index in [1.165, 1.54) is 6.08 Å². The fourth-order valence-corrected chi connectivity index (χ4v) is 1.46. The van der Waals surface area contributed by atoms with Crippen molar-refractivity contribution in [3.8, 4) is 17.2 Å². The Morgan fingerprint density at radius 3 is 3.13 bits per heavy atom. The first kappa shape index (κ1) is 9.55. The van der Waals surface area contributed by atoms with Crippen molar-refractivity contribution >= 4 is 6.08 Å². The molecule has 0 aromatic heterocycles. The van der Waals surface area contributed by atoms with Crippen LogP contribution in [0.1, 0.15) is 5.56 Å². The standard InChI is InChI=1S/C10H9NO4/c1-13-8-2-3-9-10(15-6-14-9)7(8)4-11-5-12/h2-3H,4,6H2,1H3. The van der Waals surface area contributed by atoms with Gasteiger partial charge in [-0.15, -0.1) is 0 Å². The molecule has 0 fully saturated rings. The van der Waals surface area contributed by atoms with Crippen molar-refractivity contribution in [2.24, 2.45) is 4.99 Å². The van der Waals surface area contributed by atoms with Gasteiger partial charge in [-0.3, -0.25) is 0 Å². The van der Waals surface area contributed by atoms with Crippen LogP contribution in [-0.4, -0.2) is 20.0 Å². The number of aliphatic imine (C=N–C) groups is 1. The Morgan fingerprint density at radius 2 is 2.40 bits per heavy atom. The van der Waals surface area contributed by atoms with Crippen molar-refractivity contribution in [2.45, 2.75) is 6.54 Å². The van der Waals surface area contributed by atoms with Crippen molar-refractivity contribution in [2.75, 3.05) is 13.9 Å². The molecule has 0 unspecified atom stereocenters. The Labute approximate surface area is 86.3 Å². The number of carbonyl (C=O) groups excluding carboxylic acids is 1. The summed E-state index contributed by atoms with van der Waals surface area (Å²) in [5, 5.41) is 0. The lowest BCUT2D eigenvalue weighted by molar-refractivity contribution is 0.173. The summed E-state index contributed by atoms with van der Waals surface area (Å²) in [5.74, 6) is 1.86. The maximum atomic E-state index is 10.1. The van der Waals surface area contributed by atoms with E-state index in [9.17, 15) is 4.79 Å². The first-order valence-electron chi connectivity index (χ1n) is 4.36. The Hall–Kier alpha value is -2.00. The van der Waals surface area contributed by atoms with Crippen LogP contribution in [0.5, 0.6) is 17.2 Å². The molecule has 0 N–H and O–H groups in total. The lowest BCUT2D eigenvalue weighted by atomic mass is 10.1. The molecule has 1 aliphatic rings. The Kier molecular flexibility index (Phi) is 2.56. The SMILES string of the molecule is COc1ccc2c(c1CN=C=O)OCO2. The number of fused-ring (bicyclic) bond motifs is 1. The number of methoxy groups -OCH3 is 1. The van der Waals surface area contributed by atoms with Crippen molar-refractivity contribution in [1.29, 1.82) is 0 Å². The minimum absolute atomic E-state index is 0.180. The van der Waals surface area contributed by atoms with Crippen LogP contribution in [0.3, 0.4) is 0 Å². The molecule has 5 heteroatoms. The summed E-state index contributed by atoms with van der Waals surface area (Å²) in [6, 6.07) is 3.51. The van der Waals surface area contributed by atoms with E-state index in [1.807, 2.05) is 0 Å². The molecule has 15 heavy (non-hydrogen) atoms. The smallest absolute Gasteiger partial charge is 0.235 e. The van der Waals surface area contributed by atoms with Gasteiger partial charge in [-0.1, -0.05) is 0 Å². The molecule has 0 radical (unpaired) electrons. The van der Waals surface area contributed by atoms with Crippen molar-refractivity contribution < 1.29 is 19.0 Å². The first-order chi connectivity index (χ1) is 7.36. The summed E-state index contributed by atoms with van der Waals surface area (Å²) < 4.78 is 15.6. The minimum Gasteiger partial charge on any atom is -0.496 e. The third kappa shape index (κ3) is 1.65. The summed E-state index contributed by atoms with van der Waals surface area (Å²) in [7, 11) is 1.55. The Balaban J connectivity index is 2.46. The highest BCUT2D eigenvalue weighted by Crippen LogP contribution is 2.40. The Morgan fingerprint density at radius 1 is 1.53 bits per heavy atom. The molecule has 0 bridgehead atoms. The van der Waals surface area contributed by atoms with Gasteiger partial charge in [-0.05, 0) is 12.1 Å². The molecule has 0 saturated carbocycles. The van der Waals surface area contributed by atoms with E-state index in [0.717, 1.165) is 0 Å². The zero-order valence-electron chi connectivity index (χ0n) is 8.15. The fraction of sp³-hybridized carbons (Fsp3) is 0.300. The van der Waals surface area contributed by atoms with E-state index >= 15 is 0 Å². The maximum Gasteiger partial charge on any atom is 0.235 e. The summed E-state index contributed by atoms with van der Waals surface area (Å²) >= 11 is 0. The molecular formula is C10H9NO4. The first-order valence-corrected chi connectivity index (χ1v) is 4.36. The summed E-state index contributed by atoms with van der Waals surface area (Å²) in [4.78, 5) is 13.6. The molecule has 1 heterocycles. The number of hydrogen-bond acceptors (Lipinski definition) is 5. The third-order valence-electron chi connectivity index (χ3n) is 2.12. The van der Waals surface area contributed by atoms with Crippen LogP contribution in [0.4, 0.5) is 0 Å². The van der Waals surface area contributed by atoms with Gasteiger partial charge < -0.3 is 14.2 Å². The van der Waals surface area contributed by atoms with E-state index in [2.05, 4.69) is 4.99 Å². The maximum absolute atomic E-state index is 10.1. The predicted octanol–water partition coefficient (Wildman–Crippen LogP) is 1.26.